The molecule has 1 saturated heterocycles. The number of nitrogens with one attached hydrogen (secondary N) is 2. The molecule has 2 rings (SSSR count). The van der Waals surface area contributed by atoms with Gasteiger partial charge in [-0.3, -0.25) is 10.1 Å². The second kappa shape index (κ2) is 4.21. The summed E-state index contributed by atoms with van der Waals surface area (Å²) in [6.45, 7) is 2.22. The smallest absolute Gasteiger partial charge is 0.322 e. The van der Waals surface area contributed by atoms with Crippen LogP contribution in [0.15, 0.2) is 0 Å². The summed E-state index contributed by atoms with van der Waals surface area (Å²) in [6, 6.07) is -0.599. The molecule has 1 aliphatic carbocycles. The Balaban J connectivity index is 1.90. The number of rotatable bonds is 2. The molecular weight excluding hydrogens is 192 g/mol. The van der Waals surface area contributed by atoms with Gasteiger partial charge in [-0.05, 0) is 24.7 Å². The first-order valence-electron chi connectivity index (χ1n) is 5.82. The quantitative estimate of drug-likeness (QED) is 0.677. The van der Waals surface area contributed by atoms with Crippen LogP contribution in [0.3, 0.4) is 0 Å². The molecule has 0 aromatic heterocycles. The summed E-state index contributed by atoms with van der Waals surface area (Å²) < 4.78 is 0. The van der Waals surface area contributed by atoms with Gasteiger partial charge in [-0.2, -0.15) is 0 Å². The van der Waals surface area contributed by atoms with Crippen molar-refractivity contribution in [2.45, 2.75) is 45.1 Å². The van der Waals surface area contributed by atoms with Gasteiger partial charge in [0.05, 0.1) is 0 Å². The fourth-order valence-electron chi connectivity index (χ4n) is 2.69. The van der Waals surface area contributed by atoms with Crippen LogP contribution in [0.2, 0.25) is 0 Å². The Bertz CT molecular complexity index is 270. The minimum atomic E-state index is -0.331. The van der Waals surface area contributed by atoms with Crippen molar-refractivity contribution >= 4 is 11.9 Å². The largest absolute Gasteiger partial charge is 0.326 e. The standard InChI is InChI=1S/C11H18N2O2/c1-2-7-3-5-8(6-4-7)9-10(14)13-11(15)12-9/h7-9H,2-6H2,1H3,(H2,12,13,14,15). The van der Waals surface area contributed by atoms with E-state index in [1.807, 2.05) is 0 Å². The maximum absolute atomic E-state index is 11.4. The third-order valence-electron chi connectivity index (χ3n) is 3.75. The van der Waals surface area contributed by atoms with Gasteiger partial charge in [-0.15, -0.1) is 0 Å². The first-order valence-corrected chi connectivity index (χ1v) is 5.82. The van der Waals surface area contributed by atoms with Crippen molar-refractivity contribution < 1.29 is 9.59 Å². The molecule has 15 heavy (non-hydrogen) atoms. The highest BCUT2D eigenvalue weighted by Gasteiger charge is 2.37. The third kappa shape index (κ3) is 2.13. The first kappa shape index (κ1) is 10.5. The Morgan fingerprint density at radius 3 is 2.33 bits per heavy atom. The molecule has 0 spiro atoms. The number of urea groups is 1. The van der Waals surface area contributed by atoms with Crippen LogP contribution in [0.25, 0.3) is 0 Å². The lowest BCUT2D eigenvalue weighted by atomic mass is 9.77. The zero-order valence-electron chi connectivity index (χ0n) is 9.08. The van der Waals surface area contributed by atoms with Crippen LogP contribution in [-0.4, -0.2) is 18.0 Å². The number of imide groups is 1. The van der Waals surface area contributed by atoms with Crippen LogP contribution >= 0.6 is 0 Å². The van der Waals surface area contributed by atoms with E-state index in [1.54, 1.807) is 0 Å². The highest BCUT2D eigenvalue weighted by Crippen LogP contribution is 2.33. The molecule has 0 bridgehead atoms. The molecule has 1 aliphatic heterocycles. The zero-order chi connectivity index (χ0) is 10.8. The van der Waals surface area contributed by atoms with E-state index in [0.717, 1.165) is 18.8 Å². The molecule has 0 aromatic carbocycles. The lowest BCUT2D eigenvalue weighted by Gasteiger charge is -2.30. The maximum Gasteiger partial charge on any atom is 0.322 e. The van der Waals surface area contributed by atoms with Gasteiger partial charge in [0.1, 0.15) is 6.04 Å². The summed E-state index contributed by atoms with van der Waals surface area (Å²) in [6.07, 6.45) is 5.76. The van der Waals surface area contributed by atoms with Crippen LogP contribution in [-0.2, 0) is 4.79 Å². The second-order valence-corrected chi connectivity index (χ2v) is 4.63. The van der Waals surface area contributed by atoms with Crippen LogP contribution in [0.1, 0.15) is 39.0 Å². The van der Waals surface area contributed by atoms with Crippen LogP contribution in [0.4, 0.5) is 4.79 Å². The average Bonchev–Trinajstić information content (AvgIpc) is 2.58. The Labute approximate surface area is 89.8 Å². The van der Waals surface area contributed by atoms with Crippen molar-refractivity contribution in [1.82, 2.24) is 10.6 Å². The molecule has 4 nitrogen and oxygen atoms in total. The van der Waals surface area contributed by atoms with E-state index in [9.17, 15) is 9.59 Å². The fourth-order valence-corrected chi connectivity index (χ4v) is 2.69. The Kier molecular flexibility index (Phi) is 2.93. The normalized spacial score (nSPS) is 36.2. The summed E-state index contributed by atoms with van der Waals surface area (Å²) in [7, 11) is 0. The molecule has 1 heterocycles. The Hall–Kier alpha value is -1.06. The lowest BCUT2D eigenvalue weighted by molar-refractivity contribution is -0.121. The van der Waals surface area contributed by atoms with Crippen molar-refractivity contribution in [1.29, 1.82) is 0 Å². The highest BCUT2D eigenvalue weighted by molar-refractivity contribution is 6.04. The molecule has 2 fully saturated rings. The van der Waals surface area contributed by atoms with E-state index in [0.29, 0.717) is 5.92 Å². The van der Waals surface area contributed by atoms with Crippen LogP contribution in [0.5, 0.6) is 0 Å². The minimum Gasteiger partial charge on any atom is -0.326 e. The van der Waals surface area contributed by atoms with Crippen molar-refractivity contribution in [3.8, 4) is 0 Å². The fraction of sp³-hybridized carbons (Fsp3) is 0.818. The molecule has 0 radical (unpaired) electrons. The molecule has 1 atom stereocenters. The van der Waals surface area contributed by atoms with Gasteiger partial charge in [0, 0.05) is 0 Å². The first-order chi connectivity index (χ1) is 7.20. The molecule has 1 unspecified atom stereocenters. The zero-order valence-corrected chi connectivity index (χ0v) is 9.08. The Morgan fingerprint density at radius 2 is 1.87 bits per heavy atom. The molecule has 2 aliphatic rings. The number of amides is 3. The van der Waals surface area contributed by atoms with Crippen molar-refractivity contribution in [2.24, 2.45) is 11.8 Å². The molecule has 0 aromatic rings. The number of carbonyl (C=O) groups excluding carboxylic acids is 2. The van der Waals surface area contributed by atoms with Crippen molar-refractivity contribution in [2.75, 3.05) is 0 Å². The van der Waals surface area contributed by atoms with Gasteiger partial charge in [0.25, 0.3) is 5.91 Å². The summed E-state index contributed by atoms with van der Waals surface area (Å²) in [5, 5.41) is 5.01. The number of hydrogen-bond donors (Lipinski definition) is 2. The summed E-state index contributed by atoms with van der Waals surface area (Å²) in [4.78, 5) is 22.4. The number of carbonyl (C=O) groups is 2. The predicted octanol–water partition coefficient (Wildman–Crippen LogP) is 1.41. The SMILES string of the molecule is CCC1CCC(C2NC(=O)NC2=O)CC1. The molecule has 84 valence electrons. The number of hydrogen-bond acceptors (Lipinski definition) is 2. The van der Waals surface area contributed by atoms with E-state index < -0.39 is 0 Å². The minimum absolute atomic E-state index is 0.139. The van der Waals surface area contributed by atoms with Crippen molar-refractivity contribution in [3.63, 3.8) is 0 Å². The molecule has 3 amide bonds. The van der Waals surface area contributed by atoms with E-state index >= 15 is 0 Å². The molecule has 2 N–H and O–H groups in total. The molecule has 4 heteroatoms. The van der Waals surface area contributed by atoms with Gasteiger partial charge < -0.3 is 5.32 Å². The highest BCUT2D eigenvalue weighted by atomic mass is 16.2. The van der Waals surface area contributed by atoms with Crippen LogP contribution in [0, 0.1) is 11.8 Å². The third-order valence-corrected chi connectivity index (χ3v) is 3.75. The van der Waals surface area contributed by atoms with E-state index in [2.05, 4.69) is 17.6 Å². The van der Waals surface area contributed by atoms with Gasteiger partial charge in [-0.1, -0.05) is 26.2 Å². The monoisotopic (exact) mass is 210 g/mol. The van der Waals surface area contributed by atoms with Crippen LogP contribution < -0.4 is 10.6 Å². The summed E-state index contributed by atoms with van der Waals surface area (Å²) in [5.74, 6) is 1.03. The second-order valence-electron chi connectivity index (χ2n) is 4.63. The van der Waals surface area contributed by atoms with Gasteiger partial charge in [-0.25, -0.2) is 4.79 Å². The van der Waals surface area contributed by atoms with Gasteiger partial charge in [0.2, 0.25) is 0 Å². The van der Waals surface area contributed by atoms with E-state index in [4.69, 9.17) is 0 Å². The van der Waals surface area contributed by atoms with E-state index in [-0.39, 0.29) is 18.0 Å². The topological polar surface area (TPSA) is 58.2 Å². The summed E-state index contributed by atoms with van der Waals surface area (Å²) in [5.41, 5.74) is 0. The van der Waals surface area contributed by atoms with E-state index in [1.165, 1.54) is 19.3 Å². The van der Waals surface area contributed by atoms with Gasteiger partial charge in [0.15, 0.2) is 0 Å². The maximum atomic E-state index is 11.4. The lowest BCUT2D eigenvalue weighted by Crippen LogP contribution is -2.38. The average molecular weight is 210 g/mol. The Morgan fingerprint density at radius 1 is 1.20 bits per heavy atom. The molecule has 1 saturated carbocycles. The predicted molar refractivity (Wildman–Crippen MR) is 56.2 cm³/mol. The van der Waals surface area contributed by atoms with Gasteiger partial charge >= 0.3 is 6.03 Å². The molecular formula is C11H18N2O2. The summed E-state index contributed by atoms with van der Waals surface area (Å²) >= 11 is 0. The van der Waals surface area contributed by atoms with Crippen molar-refractivity contribution in [3.05, 3.63) is 0 Å².